The fraction of sp³-hybridized carbons (Fsp3) is 0.533. The highest BCUT2D eigenvalue weighted by Crippen LogP contribution is 2.03. The lowest BCUT2D eigenvalue weighted by Crippen LogP contribution is -2.11. The van der Waals surface area contributed by atoms with Crippen molar-refractivity contribution >= 4 is 15.9 Å². The number of aryl methyl sites for hydroxylation is 1. The fourth-order valence-electron chi connectivity index (χ4n) is 1.70. The molecule has 0 aromatic heterocycles. The van der Waals surface area contributed by atoms with Crippen molar-refractivity contribution in [2.75, 3.05) is 26.1 Å². The number of benzene rings is 1. The molecule has 0 amide bonds. The van der Waals surface area contributed by atoms with Crippen LogP contribution in [0.2, 0.25) is 0 Å². The molecule has 0 atom stereocenters. The van der Waals surface area contributed by atoms with E-state index in [4.69, 9.17) is 4.74 Å². The zero-order valence-corrected chi connectivity index (χ0v) is 13.1. The molecule has 0 aliphatic heterocycles. The van der Waals surface area contributed by atoms with Gasteiger partial charge in [-0.05, 0) is 24.8 Å². The zero-order chi connectivity index (χ0) is 15.6. The minimum absolute atomic E-state index is 0.0752. The number of carbonyl (C=O) groups excluding carboxylic acids is 1. The lowest BCUT2D eigenvalue weighted by molar-refractivity contribution is -0.123. The van der Waals surface area contributed by atoms with Crippen molar-refractivity contribution in [3.63, 3.8) is 0 Å². The molecular formula is C15H22O5S. The molecule has 118 valence electrons. The number of carbonyl (C=O) groups is 1. The second-order valence-corrected chi connectivity index (χ2v) is 6.45. The molecule has 1 rings (SSSR count). The molecule has 1 aromatic carbocycles. The van der Waals surface area contributed by atoms with Gasteiger partial charge in [0, 0.05) is 13.0 Å². The molecule has 0 unspecified atom stereocenters. The largest absolute Gasteiger partial charge is 0.374 e. The Hall–Kier alpha value is -1.24. The van der Waals surface area contributed by atoms with Gasteiger partial charge in [-0.1, -0.05) is 30.3 Å². The molecule has 0 radical (unpaired) electrons. The van der Waals surface area contributed by atoms with Gasteiger partial charge in [-0.3, -0.25) is 8.98 Å². The molecule has 1 aromatic rings. The summed E-state index contributed by atoms with van der Waals surface area (Å²) in [6.45, 7) is 0.702. The average Bonchev–Trinajstić information content (AvgIpc) is 2.44. The Balaban J connectivity index is 1.99. The highest BCUT2D eigenvalue weighted by molar-refractivity contribution is 7.85. The molecule has 0 heterocycles. The zero-order valence-electron chi connectivity index (χ0n) is 12.3. The Morgan fingerprint density at radius 1 is 1.10 bits per heavy atom. The van der Waals surface area contributed by atoms with Crippen LogP contribution in [0.1, 0.15) is 24.8 Å². The highest BCUT2D eigenvalue weighted by Gasteiger charge is 2.04. The summed E-state index contributed by atoms with van der Waals surface area (Å²) in [5, 5.41) is 0. The first kappa shape index (κ1) is 17.8. The second-order valence-electron chi connectivity index (χ2n) is 4.81. The lowest BCUT2D eigenvalue weighted by atomic mass is 10.1. The molecule has 0 bridgehead atoms. The predicted octanol–water partition coefficient (Wildman–Crippen LogP) is 1.96. The molecule has 0 N–H and O–H groups in total. The molecule has 21 heavy (non-hydrogen) atoms. The van der Waals surface area contributed by atoms with E-state index >= 15 is 0 Å². The van der Waals surface area contributed by atoms with Crippen LogP contribution in [0.3, 0.4) is 0 Å². The monoisotopic (exact) mass is 314 g/mol. The molecule has 0 saturated heterocycles. The topological polar surface area (TPSA) is 69.7 Å². The minimum Gasteiger partial charge on any atom is -0.374 e. The number of Topliss-reactive ketones (excluding diaryl/α,β-unsaturated/α-hetero) is 1. The van der Waals surface area contributed by atoms with Crippen molar-refractivity contribution in [3.8, 4) is 0 Å². The molecule has 6 heteroatoms. The van der Waals surface area contributed by atoms with Crippen LogP contribution in [0.25, 0.3) is 0 Å². The summed E-state index contributed by atoms with van der Waals surface area (Å²) in [6, 6.07) is 9.84. The lowest BCUT2D eigenvalue weighted by Gasteiger charge is -2.04. The Labute approximate surface area is 126 Å². The summed E-state index contributed by atoms with van der Waals surface area (Å²) >= 11 is 0. The Bertz CT molecular complexity index is 510. The molecule has 0 spiro atoms. The molecule has 0 saturated carbocycles. The Morgan fingerprint density at radius 3 is 2.43 bits per heavy atom. The maximum absolute atomic E-state index is 11.6. The van der Waals surface area contributed by atoms with E-state index in [9.17, 15) is 13.2 Å². The van der Waals surface area contributed by atoms with Crippen LogP contribution in [-0.4, -0.2) is 40.3 Å². The first-order valence-electron chi connectivity index (χ1n) is 6.95. The van der Waals surface area contributed by atoms with E-state index in [1.54, 1.807) is 0 Å². The predicted molar refractivity (Wildman–Crippen MR) is 80.6 cm³/mol. The van der Waals surface area contributed by atoms with E-state index in [1.807, 2.05) is 30.3 Å². The standard InChI is InChI=1S/C15H22O5S/c1-21(17,18)20-12-6-5-11-19-13-15(16)10-9-14-7-3-2-4-8-14/h2-4,7-8H,5-6,9-13H2,1H3. The van der Waals surface area contributed by atoms with Crippen LogP contribution >= 0.6 is 0 Å². The molecule has 0 fully saturated rings. The van der Waals surface area contributed by atoms with Crippen LogP contribution in [0.15, 0.2) is 30.3 Å². The number of ether oxygens (including phenoxy) is 1. The van der Waals surface area contributed by atoms with E-state index in [1.165, 1.54) is 0 Å². The number of rotatable bonds is 11. The van der Waals surface area contributed by atoms with Gasteiger partial charge in [0.15, 0.2) is 5.78 Å². The maximum Gasteiger partial charge on any atom is 0.264 e. The van der Waals surface area contributed by atoms with Crippen molar-refractivity contribution in [2.24, 2.45) is 0 Å². The van der Waals surface area contributed by atoms with Crippen LogP contribution in [0.5, 0.6) is 0 Å². The summed E-state index contributed by atoms with van der Waals surface area (Å²) < 4.78 is 31.3. The van der Waals surface area contributed by atoms with Crippen molar-refractivity contribution < 1.29 is 22.1 Å². The van der Waals surface area contributed by atoms with Crippen molar-refractivity contribution in [3.05, 3.63) is 35.9 Å². The molecule has 0 aliphatic carbocycles. The number of hydrogen-bond donors (Lipinski definition) is 0. The minimum atomic E-state index is -3.36. The van der Waals surface area contributed by atoms with Crippen molar-refractivity contribution in [2.45, 2.75) is 25.7 Å². The summed E-state index contributed by atoms with van der Waals surface area (Å²) in [4.78, 5) is 11.6. The van der Waals surface area contributed by atoms with Gasteiger partial charge in [0.05, 0.1) is 12.9 Å². The van der Waals surface area contributed by atoms with Gasteiger partial charge < -0.3 is 4.74 Å². The molecular weight excluding hydrogens is 292 g/mol. The Morgan fingerprint density at radius 2 is 1.76 bits per heavy atom. The van der Waals surface area contributed by atoms with E-state index in [0.29, 0.717) is 25.9 Å². The highest BCUT2D eigenvalue weighted by atomic mass is 32.2. The first-order chi connectivity index (χ1) is 9.97. The summed E-state index contributed by atoms with van der Waals surface area (Å²) in [6.07, 6.45) is 3.48. The summed E-state index contributed by atoms with van der Waals surface area (Å²) in [7, 11) is -3.36. The summed E-state index contributed by atoms with van der Waals surface area (Å²) in [5.74, 6) is 0.0752. The van der Waals surface area contributed by atoms with Gasteiger partial charge in [-0.2, -0.15) is 8.42 Å². The molecule has 0 aliphatic rings. The third kappa shape index (κ3) is 10.2. The van der Waals surface area contributed by atoms with E-state index in [-0.39, 0.29) is 19.0 Å². The number of ketones is 1. The normalized spacial score (nSPS) is 11.5. The smallest absolute Gasteiger partial charge is 0.264 e. The van der Waals surface area contributed by atoms with Crippen molar-refractivity contribution in [1.29, 1.82) is 0 Å². The van der Waals surface area contributed by atoms with Crippen LogP contribution in [0, 0.1) is 0 Å². The number of hydrogen-bond acceptors (Lipinski definition) is 5. The van der Waals surface area contributed by atoms with Gasteiger partial charge in [-0.15, -0.1) is 0 Å². The van der Waals surface area contributed by atoms with Gasteiger partial charge in [0.25, 0.3) is 10.1 Å². The van der Waals surface area contributed by atoms with Gasteiger partial charge in [0.2, 0.25) is 0 Å². The van der Waals surface area contributed by atoms with E-state index in [0.717, 1.165) is 18.2 Å². The van der Waals surface area contributed by atoms with Crippen LogP contribution < -0.4 is 0 Å². The van der Waals surface area contributed by atoms with Gasteiger partial charge >= 0.3 is 0 Å². The third-order valence-electron chi connectivity index (χ3n) is 2.78. The fourth-order valence-corrected chi connectivity index (χ4v) is 2.12. The van der Waals surface area contributed by atoms with Crippen molar-refractivity contribution in [1.82, 2.24) is 0 Å². The second kappa shape index (κ2) is 9.65. The maximum atomic E-state index is 11.6. The quantitative estimate of drug-likeness (QED) is 0.461. The SMILES string of the molecule is CS(=O)(=O)OCCCCOCC(=O)CCc1ccccc1. The third-order valence-corrected chi connectivity index (χ3v) is 3.37. The van der Waals surface area contributed by atoms with E-state index < -0.39 is 10.1 Å². The number of unbranched alkanes of at least 4 members (excludes halogenated alkanes) is 1. The van der Waals surface area contributed by atoms with Gasteiger partial charge in [-0.25, -0.2) is 0 Å². The van der Waals surface area contributed by atoms with Crippen LogP contribution in [-0.2, 0) is 30.3 Å². The first-order valence-corrected chi connectivity index (χ1v) is 8.77. The van der Waals surface area contributed by atoms with E-state index in [2.05, 4.69) is 4.18 Å². The Kier molecular flexibility index (Phi) is 8.19. The van der Waals surface area contributed by atoms with Gasteiger partial charge in [0.1, 0.15) is 6.61 Å². The average molecular weight is 314 g/mol. The molecule has 5 nitrogen and oxygen atoms in total. The van der Waals surface area contributed by atoms with Crippen LogP contribution in [0.4, 0.5) is 0 Å². The summed E-state index contributed by atoms with van der Waals surface area (Å²) in [5.41, 5.74) is 1.14.